The summed E-state index contributed by atoms with van der Waals surface area (Å²) >= 11 is 0. The number of nitrogens with zero attached hydrogens (tertiary/aromatic N) is 5. The second-order valence-electron chi connectivity index (χ2n) is 32.6. The van der Waals surface area contributed by atoms with Crippen molar-refractivity contribution in [2.45, 2.75) is 104 Å². The van der Waals surface area contributed by atoms with Gasteiger partial charge in [0.2, 0.25) is 0 Å². The molecule has 4 aliphatic heterocycles. The van der Waals surface area contributed by atoms with Crippen LogP contribution in [-0.2, 0) is 28.1 Å². The Bertz CT molecular complexity index is 6070. The third-order valence-corrected chi connectivity index (χ3v) is 23.2. The van der Waals surface area contributed by atoms with Crippen molar-refractivity contribution in [1.82, 2.24) is 13.7 Å². The first-order valence-electron chi connectivity index (χ1n) is 35.7. The van der Waals surface area contributed by atoms with Crippen LogP contribution in [0.3, 0.4) is 0 Å². The topological polar surface area (TPSA) is 21.3 Å². The van der Waals surface area contributed by atoms with Crippen molar-refractivity contribution in [1.29, 1.82) is 0 Å². The molecule has 3 aromatic heterocycles. The summed E-state index contributed by atoms with van der Waals surface area (Å²) in [5, 5.41) is 10.4. The van der Waals surface area contributed by atoms with Crippen LogP contribution < -0.4 is 42.6 Å². The fourth-order valence-electron chi connectivity index (χ4n) is 18.7. The Morgan fingerprint density at radius 3 is 1.40 bits per heavy atom. The van der Waals surface area contributed by atoms with Crippen LogP contribution in [0.15, 0.2) is 255 Å². The van der Waals surface area contributed by atoms with Gasteiger partial charge < -0.3 is 23.5 Å². The van der Waals surface area contributed by atoms with Crippen LogP contribution in [0.4, 0.5) is 34.1 Å². The van der Waals surface area contributed by atoms with E-state index in [9.17, 15) is 0 Å². The molecule has 20 rings (SSSR count). The predicted molar refractivity (Wildman–Crippen MR) is 425 cm³/mol. The molecule has 7 heteroatoms. The second-order valence-corrected chi connectivity index (χ2v) is 32.6. The molecule has 99 heavy (non-hydrogen) atoms. The minimum absolute atomic E-state index is 0.00723. The highest BCUT2D eigenvalue weighted by Gasteiger charge is 2.47. The minimum Gasteiger partial charge on any atom is -0.311 e. The molecule has 0 aliphatic carbocycles. The molecule has 0 N–H and O–H groups in total. The van der Waals surface area contributed by atoms with Gasteiger partial charge in [0.15, 0.2) is 0 Å². The molecule has 13 aromatic carbocycles. The van der Waals surface area contributed by atoms with Crippen molar-refractivity contribution in [3.8, 4) is 17.1 Å². The van der Waals surface area contributed by atoms with Gasteiger partial charge in [-0.25, -0.2) is 0 Å². The van der Waals surface area contributed by atoms with E-state index < -0.39 is 0 Å². The van der Waals surface area contributed by atoms with Gasteiger partial charge in [0, 0.05) is 88.8 Å². The van der Waals surface area contributed by atoms with E-state index in [4.69, 9.17) is 0 Å². The molecule has 16 aromatic rings. The average Bonchev–Trinajstić information content (AvgIpc) is 1.68. The molecule has 0 spiro atoms. The SMILES string of the molecule is CC(C)(C)c1ccc(N2c3ccc(C(C)(C)Cc4cccc5c4c4ccccc4n5-c4cc5c6c(c4)-n4c7ccccc7c7cccc(c74)B6c4cccc6c7ccccc7n-5c46)cc3B3c4c2cccc4N(c2cccc(C(C)(C)C)c2)c2cc(C(C)(C)C)c4ccccc4c23)cc1. The third-order valence-electron chi connectivity index (χ3n) is 23.2. The molecule has 0 fully saturated rings. The van der Waals surface area contributed by atoms with Gasteiger partial charge in [0.25, 0.3) is 13.4 Å². The van der Waals surface area contributed by atoms with E-state index in [2.05, 4.69) is 354 Å². The Labute approximate surface area is 580 Å². The summed E-state index contributed by atoms with van der Waals surface area (Å²) in [6, 6.07) is 98.9. The minimum atomic E-state index is -0.325. The molecule has 476 valence electrons. The Morgan fingerprint density at radius 2 is 0.788 bits per heavy atom. The zero-order valence-electron chi connectivity index (χ0n) is 58.3. The molecule has 0 radical (unpaired) electrons. The first-order valence-corrected chi connectivity index (χ1v) is 35.7. The highest BCUT2D eigenvalue weighted by molar-refractivity contribution is 7.02. The van der Waals surface area contributed by atoms with Crippen molar-refractivity contribution < 1.29 is 0 Å². The highest BCUT2D eigenvalue weighted by Crippen LogP contribution is 2.50. The molecule has 7 heterocycles. The summed E-state index contributed by atoms with van der Waals surface area (Å²) in [5.41, 5.74) is 32.7. The molecule has 4 aliphatic rings. The summed E-state index contributed by atoms with van der Waals surface area (Å²) < 4.78 is 7.81. The highest BCUT2D eigenvalue weighted by atomic mass is 15.2. The van der Waals surface area contributed by atoms with Gasteiger partial charge in [-0.2, -0.15) is 0 Å². The molecular formula is C92H77B2N5. The van der Waals surface area contributed by atoms with Gasteiger partial charge in [0.1, 0.15) is 0 Å². The van der Waals surface area contributed by atoms with E-state index in [1.54, 1.807) is 0 Å². The Kier molecular flexibility index (Phi) is 11.9. The van der Waals surface area contributed by atoms with E-state index in [0.717, 1.165) is 17.8 Å². The summed E-state index contributed by atoms with van der Waals surface area (Å²) in [7, 11) is 0. The standard InChI is InChI=1S/C92H77B2N5/c1-89(2,3)56-43-46-59(47-44-56)95-76-48-45-58(50-72(76)94-84-65-31-13-12-28-62(65)69(91(7,8)9)53-82(84)96(79-42-24-41-78(95)85(79)94)60-27-21-26-57(49-60)90(4,5)6)92(10,11)54-55-25-20-40-77-83(55)68-32-16-19-39-75(68)97(77)61-51-80-86-81(52-61)99-74-38-18-15-30-64(74)67-34-23-36-71(88(67)99)93(86)70-35-22-33-66-63-29-14-17-37-73(63)98(80)87(66)70/h12-53H,54H2,1-11H3. The van der Waals surface area contributed by atoms with E-state index in [0.29, 0.717) is 0 Å². The number of rotatable bonds is 6. The number of aromatic nitrogens is 3. The third kappa shape index (κ3) is 8.13. The number of anilines is 6. The van der Waals surface area contributed by atoms with Crippen LogP contribution in [0.25, 0.3) is 93.3 Å². The molecule has 0 bridgehead atoms. The van der Waals surface area contributed by atoms with E-state index in [1.807, 2.05) is 0 Å². The van der Waals surface area contributed by atoms with Crippen LogP contribution in [0.2, 0.25) is 0 Å². The van der Waals surface area contributed by atoms with Crippen LogP contribution >= 0.6 is 0 Å². The van der Waals surface area contributed by atoms with Gasteiger partial charge >= 0.3 is 0 Å². The molecule has 0 atom stereocenters. The normalized spacial score (nSPS) is 14.0. The lowest BCUT2D eigenvalue weighted by Crippen LogP contribution is -2.61. The van der Waals surface area contributed by atoms with Crippen molar-refractivity contribution >= 4 is 157 Å². The lowest BCUT2D eigenvalue weighted by atomic mass is 9.32. The number of hydrogen-bond donors (Lipinski definition) is 0. The summed E-state index contributed by atoms with van der Waals surface area (Å²) in [5.74, 6) is 0. The average molecular weight is 1270 g/mol. The van der Waals surface area contributed by atoms with E-state index >= 15 is 0 Å². The molecule has 0 saturated carbocycles. The number of para-hydroxylation sites is 5. The summed E-state index contributed by atoms with van der Waals surface area (Å²) in [6.45, 7) is 26.0. The summed E-state index contributed by atoms with van der Waals surface area (Å²) in [4.78, 5) is 5.20. The summed E-state index contributed by atoms with van der Waals surface area (Å²) in [6.07, 6.45) is 0.819. The van der Waals surface area contributed by atoms with Crippen LogP contribution in [0, 0.1) is 0 Å². The van der Waals surface area contributed by atoms with Gasteiger partial charge in [-0.05, 0) is 184 Å². The maximum absolute atomic E-state index is 2.64. The lowest BCUT2D eigenvalue weighted by Gasteiger charge is -2.45. The fraction of sp³-hybridized carbons (Fsp3) is 0.174. The smallest absolute Gasteiger partial charge is 0.252 e. The Balaban J connectivity index is 0.794. The molecule has 0 amide bonds. The van der Waals surface area contributed by atoms with Crippen molar-refractivity contribution in [3.05, 3.63) is 283 Å². The van der Waals surface area contributed by atoms with Gasteiger partial charge in [-0.1, -0.05) is 246 Å². The Hall–Kier alpha value is -10.8. The maximum Gasteiger partial charge on any atom is 0.252 e. The molecule has 0 unspecified atom stereocenters. The van der Waals surface area contributed by atoms with Crippen LogP contribution in [0.5, 0.6) is 0 Å². The fourth-order valence-corrected chi connectivity index (χ4v) is 18.7. The Morgan fingerprint density at radius 1 is 0.283 bits per heavy atom. The first kappa shape index (κ1) is 58.4. The van der Waals surface area contributed by atoms with E-state index in [-0.39, 0.29) is 35.1 Å². The van der Waals surface area contributed by atoms with Gasteiger partial charge in [0.05, 0.1) is 27.8 Å². The van der Waals surface area contributed by atoms with Crippen LogP contribution in [-0.4, -0.2) is 27.1 Å². The predicted octanol–water partition coefficient (Wildman–Crippen LogP) is 19.8. The number of benzene rings is 13. The van der Waals surface area contributed by atoms with Crippen molar-refractivity contribution in [2.24, 2.45) is 0 Å². The maximum atomic E-state index is 2.64. The van der Waals surface area contributed by atoms with Gasteiger partial charge in [-0.15, -0.1) is 0 Å². The van der Waals surface area contributed by atoms with Crippen molar-refractivity contribution in [3.63, 3.8) is 0 Å². The largest absolute Gasteiger partial charge is 0.311 e. The molecular weight excluding hydrogens is 1200 g/mol. The lowest BCUT2D eigenvalue weighted by molar-refractivity contribution is 0.525. The zero-order chi connectivity index (χ0) is 67.1. The van der Waals surface area contributed by atoms with Gasteiger partial charge in [-0.3, -0.25) is 0 Å². The van der Waals surface area contributed by atoms with Crippen molar-refractivity contribution in [2.75, 3.05) is 9.80 Å². The quantitative estimate of drug-likeness (QED) is 0.155. The van der Waals surface area contributed by atoms with E-state index in [1.165, 1.54) is 177 Å². The first-order chi connectivity index (χ1) is 47.8. The number of fused-ring (bicyclic) bond motifs is 19. The molecule has 5 nitrogen and oxygen atoms in total. The molecule has 0 saturated heterocycles. The number of hydrogen-bond acceptors (Lipinski definition) is 2. The van der Waals surface area contributed by atoms with Crippen LogP contribution in [0.1, 0.15) is 104 Å². The second kappa shape index (κ2) is 20.2. The zero-order valence-corrected chi connectivity index (χ0v) is 58.3. The monoisotopic (exact) mass is 1270 g/mol.